The average molecular weight is 297 g/mol. The molecule has 0 aromatic carbocycles. The number of likely N-dealkylation sites (tertiary alicyclic amines) is 1. The monoisotopic (exact) mass is 296 g/mol. The van der Waals surface area contributed by atoms with Gasteiger partial charge < -0.3 is 4.90 Å². The van der Waals surface area contributed by atoms with Gasteiger partial charge in [0.05, 0.1) is 0 Å². The van der Waals surface area contributed by atoms with Crippen molar-refractivity contribution in [2.24, 2.45) is 0 Å². The van der Waals surface area contributed by atoms with Crippen LogP contribution in [0.3, 0.4) is 0 Å². The zero-order valence-corrected chi connectivity index (χ0v) is 11.4. The summed E-state index contributed by atoms with van der Waals surface area (Å²) in [6, 6.07) is 3.91. The van der Waals surface area contributed by atoms with Crippen molar-refractivity contribution in [3.63, 3.8) is 0 Å². The van der Waals surface area contributed by atoms with Gasteiger partial charge in [-0.15, -0.1) is 0 Å². The van der Waals surface area contributed by atoms with E-state index in [9.17, 15) is 4.79 Å². The van der Waals surface area contributed by atoms with Crippen molar-refractivity contribution >= 4 is 21.8 Å². The second-order valence-corrected chi connectivity index (χ2v) is 5.04. The van der Waals surface area contributed by atoms with Crippen LogP contribution in [0.15, 0.2) is 24.5 Å². The maximum absolute atomic E-state index is 12.4. The maximum Gasteiger partial charge on any atom is 0.254 e. The molecular weight excluding hydrogens is 280 g/mol. The van der Waals surface area contributed by atoms with Crippen LogP contribution in [0.25, 0.3) is 0 Å². The van der Waals surface area contributed by atoms with E-state index in [2.05, 4.69) is 20.9 Å². The highest BCUT2D eigenvalue weighted by atomic mass is 79.9. The van der Waals surface area contributed by atoms with Crippen LogP contribution in [0.1, 0.15) is 36.0 Å². The lowest BCUT2D eigenvalue weighted by atomic mass is 10.1. The van der Waals surface area contributed by atoms with E-state index in [-0.39, 0.29) is 5.91 Å². The quantitative estimate of drug-likeness (QED) is 0.786. The van der Waals surface area contributed by atoms with Crippen LogP contribution >= 0.6 is 15.9 Å². The van der Waals surface area contributed by atoms with Crippen molar-refractivity contribution in [1.82, 2.24) is 9.88 Å². The summed E-state index contributed by atoms with van der Waals surface area (Å²) in [5.74, 6) is 0.138. The van der Waals surface area contributed by atoms with Gasteiger partial charge in [-0.05, 0) is 25.0 Å². The van der Waals surface area contributed by atoms with E-state index in [1.165, 1.54) is 12.8 Å². The van der Waals surface area contributed by atoms with Crippen LogP contribution in [0.4, 0.5) is 0 Å². The first-order valence-electron chi connectivity index (χ1n) is 6.10. The molecule has 1 atom stereocenters. The third kappa shape index (κ3) is 3.06. The van der Waals surface area contributed by atoms with E-state index < -0.39 is 0 Å². The lowest BCUT2D eigenvalue weighted by Gasteiger charge is -2.28. The summed E-state index contributed by atoms with van der Waals surface area (Å²) in [4.78, 5) is 18.4. The molecular formula is C13H17BrN2O. The molecule has 2 heterocycles. The lowest BCUT2D eigenvalue weighted by molar-refractivity contribution is 0.0702. The molecule has 0 bridgehead atoms. The van der Waals surface area contributed by atoms with Gasteiger partial charge in [-0.1, -0.05) is 28.8 Å². The maximum atomic E-state index is 12.4. The van der Waals surface area contributed by atoms with E-state index >= 15 is 0 Å². The van der Waals surface area contributed by atoms with Gasteiger partial charge in [0.15, 0.2) is 0 Å². The van der Waals surface area contributed by atoms with E-state index in [1.807, 2.05) is 4.90 Å². The molecule has 0 radical (unpaired) electrons. The number of halogens is 1. The number of amides is 1. The van der Waals surface area contributed by atoms with Gasteiger partial charge in [0, 0.05) is 35.9 Å². The predicted molar refractivity (Wildman–Crippen MR) is 71.3 cm³/mol. The summed E-state index contributed by atoms with van der Waals surface area (Å²) < 4.78 is 0. The zero-order chi connectivity index (χ0) is 12.1. The Bertz CT molecular complexity index is 369. The Labute approximate surface area is 110 Å². The zero-order valence-electron chi connectivity index (χ0n) is 9.81. The number of pyridine rings is 1. The van der Waals surface area contributed by atoms with Gasteiger partial charge in [-0.3, -0.25) is 9.78 Å². The predicted octanol–water partition coefficient (Wildman–Crippen LogP) is 2.86. The first-order chi connectivity index (χ1) is 8.33. The highest BCUT2D eigenvalue weighted by Crippen LogP contribution is 2.20. The van der Waals surface area contributed by atoms with Crippen molar-refractivity contribution in [1.29, 1.82) is 0 Å². The first kappa shape index (κ1) is 12.6. The molecule has 92 valence electrons. The van der Waals surface area contributed by atoms with Crippen LogP contribution in [-0.2, 0) is 0 Å². The fraction of sp³-hybridized carbons (Fsp3) is 0.538. The molecule has 1 aliphatic rings. The molecule has 1 saturated heterocycles. The molecule has 1 fully saturated rings. The second kappa shape index (κ2) is 6.15. The van der Waals surface area contributed by atoms with Gasteiger partial charge in [0.1, 0.15) is 0 Å². The highest BCUT2D eigenvalue weighted by Gasteiger charge is 2.25. The van der Waals surface area contributed by atoms with Gasteiger partial charge in [0.2, 0.25) is 0 Å². The molecule has 1 aliphatic heterocycles. The van der Waals surface area contributed by atoms with E-state index in [0.29, 0.717) is 6.04 Å². The van der Waals surface area contributed by atoms with Crippen LogP contribution in [0, 0.1) is 0 Å². The largest absolute Gasteiger partial charge is 0.335 e. The Balaban J connectivity index is 2.16. The third-order valence-electron chi connectivity index (χ3n) is 3.24. The SMILES string of the molecule is O=C(c1ccncc1)N1CCCCCC1CBr. The van der Waals surface area contributed by atoms with Crippen molar-refractivity contribution in [2.45, 2.75) is 31.7 Å². The van der Waals surface area contributed by atoms with Gasteiger partial charge in [-0.2, -0.15) is 0 Å². The fourth-order valence-corrected chi connectivity index (χ4v) is 2.94. The summed E-state index contributed by atoms with van der Waals surface area (Å²) >= 11 is 3.52. The van der Waals surface area contributed by atoms with Crippen molar-refractivity contribution in [3.05, 3.63) is 30.1 Å². The Morgan fingerprint density at radius 1 is 1.35 bits per heavy atom. The van der Waals surface area contributed by atoms with Gasteiger partial charge in [0.25, 0.3) is 5.91 Å². The number of aromatic nitrogens is 1. The first-order valence-corrected chi connectivity index (χ1v) is 7.22. The Morgan fingerprint density at radius 2 is 2.12 bits per heavy atom. The molecule has 0 N–H and O–H groups in total. The third-order valence-corrected chi connectivity index (χ3v) is 3.99. The number of hydrogen-bond donors (Lipinski definition) is 0. The summed E-state index contributed by atoms with van der Waals surface area (Å²) in [7, 11) is 0. The fourth-order valence-electron chi connectivity index (χ4n) is 2.27. The minimum absolute atomic E-state index is 0.138. The molecule has 3 nitrogen and oxygen atoms in total. The molecule has 0 saturated carbocycles. The Kier molecular flexibility index (Phi) is 4.54. The normalized spacial score (nSPS) is 21.0. The molecule has 0 spiro atoms. The molecule has 1 aromatic heterocycles. The number of nitrogens with zero attached hydrogens (tertiary/aromatic N) is 2. The number of carbonyl (C=O) groups is 1. The minimum Gasteiger partial charge on any atom is -0.335 e. The number of hydrogen-bond acceptors (Lipinski definition) is 2. The smallest absolute Gasteiger partial charge is 0.254 e. The molecule has 2 rings (SSSR count). The van der Waals surface area contributed by atoms with Crippen LogP contribution in [0.2, 0.25) is 0 Å². The number of rotatable bonds is 2. The minimum atomic E-state index is 0.138. The molecule has 4 heteroatoms. The standard InChI is InChI=1S/C13H17BrN2O/c14-10-12-4-2-1-3-9-16(12)13(17)11-5-7-15-8-6-11/h5-8,12H,1-4,9-10H2. The topological polar surface area (TPSA) is 33.2 Å². The molecule has 1 aromatic rings. The second-order valence-electron chi connectivity index (χ2n) is 4.39. The van der Waals surface area contributed by atoms with E-state index in [4.69, 9.17) is 0 Å². The molecule has 17 heavy (non-hydrogen) atoms. The van der Waals surface area contributed by atoms with Crippen molar-refractivity contribution in [3.8, 4) is 0 Å². The average Bonchev–Trinajstić information content (AvgIpc) is 2.64. The van der Waals surface area contributed by atoms with Crippen LogP contribution < -0.4 is 0 Å². The Morgan fingerprint density at radius 3 is 2.82 bits per heavy atom. The molecule has 1 unspecified atom stereocenters. The number of carbonyl (C=O) groups excluding carboxylic acids is 1. The van der Waals surface area contributed by atoms with E-state index in [1.54, 1.807) is 24.5 Å². The van der Waals surface area contributed by atoms with Crippen LogP contribution in [-0.4, -0.2) is 33.7 Å². The Hall–Kier alpha value is -0.900. The molecule has 0 aliphatic carbocycles. The van der Waals surface area contributed by atoms with Gasteiger partial charge in [-0.25, -0.2) is 0 Å². The van der Waals surface area contributed by atoms with Crippen molar-refractivity contribution in [2.75, 3.05) is 11.9 Å². The van der Waals surface area contributed by atoms with Crippen LogP contribution in [0.5, 0.6) is 0 Å². The van der Waals surface area contributed by atoms with Gasteiger partial charge >= 0.3 is 0 Å². The summed E-state index contributed by atoms with van der Waals surface area (Å²) in [6.45, 7) is 0.872. The summed E-state index contributed by atoms with van der Waals surface area (Å²) in [5.41, 5.74) is 0.743. The lowest BCUT2D eigenvalue weighted by Crippen LogP contribution is -2.41. The summed E-state index contributed by atoms with van der Waals surface area (Å²) in [5, 5.41) is 0.865. The van der Waals surface area contributed by atoms with Crippen molar-refractivity contribution < 1.29 is 4.79 Å². The summed E-state index contributed by atoms with van der Waals surface area (Å²) in [6.07, 6.45) is 8.00. The van der Waals surface area contributed by atoms with E-state index in [0.717, 1.165) is 30.3 Å². The number of alkyl halides is 1. The molecule has 1 amide bonds. The highest BCUT2D eigenvalue weighted by molar-refractivity contribution is 9.09.